The van der Waals surface area contributed by atoms with Gasteiger partial charge in [-0.15, -0.1) is 0 Å². The molecule has 1 aromatic heterocycles. The Morgan fingerprint density at radius 2 is 2.26 bits per heavy atom. The molecule has 0 radical (unpaired) electrons. The van der Waals surface area contributed by atoms with Crippen molar-refractivity contribution in [2.75, 3.05) is 13.1 Å². The van der Waals surface area contributed by atoms with E-state index in [1.807, 2.05) is 22.0 Å². The van der Waals surface area contributed by atoms with E-state index in [1.165, 1.54) is 0 Å². The third-order valence-electron chi connectivity index (χ3n) is 6.91. The van der Waals surface area contributed by atoms with Crippen LogP contribution in [-0.2, 0) is 27.3 Å². The molecule has 7 nitrogen and oxygen atoms in total. The lowest BCUT2D eigenvalue weighted by Gasteiger charge is -2.32. The second-order valence-electron chi connectivity index (χ2n) is 8.22. The van der Waals surface area contributed by atoms with E-state index in [9.17, 15) is 9.59 Å². The van der Waals surface area contributed by atoms with Gasteiger partial charge in [-0.2, -0.15) is 5.10 Å². The maximum Gasteiger partial charge on any atom is 0.230 e. The first kappa shape index (κ1) is 17.0. The Morgan fingerprint density at radius 1 is 1.44 bits per heavy atom. The molecule has 4 aliphatic rings. The molecule has 144 valence electrons. The van der Waals surface area contributed by atoms with Gasteiger partial charge in [0.15, 0.2) is 0 Å². The van der Waals surface area contributed by atoms with E-state index < -0.39 is 11.5 Å². The lowest BCUT2D eigenvalue weighted by Crippen LogP contribution is -2.47. The average molecular weight is 370 g/mol. The molecule has 1 N–H and O–H groups in total. The predicted octanol–water partition coefficient (Wildman–Crippen LogP) is 1.26. The third kappa shape index (κ3) is 2.27. The molecule has 5 heterocycles. The lowest BCUT2D eigenvalue weighted by molar-refractivity contribution is -0.144. The maximum atomic E-state index is 13.4. The van der Waals surface area contributed by atoms with Crippen molar-refractivity contribution in [3.8, 4) is 0 Å². The Labute approximate surface area is 158 Å². The zero-order chi connectivity index (χ0) is 18.8. The molecule has 27 heavy (non-hydrogen) atoms. The number of fused-ring (bicyclic) bond motifs is 2. The molecule has 1 spiro atoms. The van der Waals surface area contributed by atoms with Crippen LogP contribution in [0.3, 0.4) is 0 Å². The molecule has 4 aliphatic heterocycles. The van der Waals surface area contributed by atoms with Crippen molar-refractivity contribution in [1.82, 2.24) is 20.0 Å². The number of hydrogen-bond donors (Lipinski definition) is 1. The van der Waals surface area contributed by atoms with Gasteiger partial charge in [0, 0.05) is 36.8 Å². The molecule has 1 aromatic rings. The molecule has 0 saturated carbocycles. The number of amides is 2. The molecule has 2 saturated heterocycles. The van der Waals surface area contributed by atoms with Gasteiger partial charge >= 0.3 is 0 Å². The first-order chi connectivity index (χ1) is 13.1. The van der Waals surface area contributed by atoms with Crippen LogP contribution >= 0.6 is 0 Å². The van der Waals surface area contributed by atoms with E-state index >= 15 is 0 Å². The summed E-state index contributed by atoms with van der Waals surface area (Å²) in [6.45, 7) is 6.01. The number of nitrogens with one attached hydrogen (secondary N) is 1. The van der Waals surface area contributed by atoms with Gasteiger partial charge in [-0.05, 0) is 12.8 Å². The molecule has 2 bridgehead atoms. The fourth-order valence-electron chi connectivity index (χ4n) is 5.47. The number of hydrogen-bond acceptors (Lipinski definition) is 4. The highest BCUT2D eigenvalue weighted by Gasteiger charge is 2.67. The first-order valence-corrected chi connectivity index (χ1v) is 10.1. The fraction of sp³-hybridized carbons (Fsp3) is 0.650. The summed E-state index contributed by atoms with van der Waals surface area (Å²) in [5, 5.41) is 7.09. The highest BCUT2D eigenvalue weighted by Crippen LogP contribution is 2.53. The number of H-pyrrole nitrogens is 1. The molecule has 0 aliphatic carbocycles. The van der Waals surface area contributed by atoms with E-state index in [2.05, 4.69) is 24.0 Å². The van der Waals surface area contributed by atoms with E-state index in [1.54, 1.807) is 6.20 Å². The average Bonchev–Trinajstić information content (AvgIpc) is 3.43. The summed E-state index contributed by atoms with van der Waals surface area (Å²) in [6, 6.07) is 0.216. The van der Waals surface area contributed by atoms with Crippen LogP contribution in [0.5, 0.6) is 0 Å². The zero-order valence-corrected chi connectivity index (χ0v) is 15.9. The van der Waals surface area contributed by atoms with Crippen LogP contribution in [0, 0.1) is 11.8 Å². The molecule has 2 amide bonds. The minimum atomic E-state index is -0.610. The zero-order valence-electron chi connectivity index (χ0n) is 15.9. The van der Waals surface area contributed by atoms with Crippen LogP contribution in [0.25, 0.3) is 0 Å². The van der Waals surface area contributed by atoms with Crippen molar-refractivity contribution in [1.29, 1.82) is 0 Å². The summed E-state index contributed by atoms with van der Waals surface area (Å²) in [6.07, 6.45) is 8.17. The molecule has 5 rings (SSSR count). The molecule has 0 aromatic carbocycles. The van der Waals surface area contributed by atoms with Gasteiger partial charge in [0.2, 0.25) is 11.8 Å². The Hall–Kier alpha value is -2.15. The van der Waals surface area contributed by atoms with E-state index in [0.29, 0.717) is 19.6 Å². The maximum absolute atomic E-state index is 13.4. The van der Waals surface area contributed by atoms with Gasteiger partial charge in [-0.3, -0.25) is 14.7 Å². The van der Waals surface area contributed by atoms with Crippen molar-refractivity contribution < 1.29 is 14.3 Å². The number of rotatable bonds is 4. The first-order valence-electron chi connectivity index (χ1n) is 10.1. The van der Waals surface area contributed by atoms with Crippen molar-refractivity contribution in [2.45, 2.75) is 57.4 Å². The third-order valence-corrected chi connectivity index (χ3v) is 6.91. The van der Waals surface area contributed by atoms with Gasteiger partial charge in [-0.1, -0.05) is 26.0 Å². The minimum absolute atomic E-state index is 0.0443. The van der Waals surface area contributed by atoms with E-state index in [-0.39, 0.29) is 29.9 Å². The highest BCUT2D eigenvalue weighted by atomic mass is 16.5. The molecule has 7 heteroatoms. The molecular weight excluding hydrogens is 344 g/mol. The highest BCUT2D eigenvalue weighted by molar-refractivity contribution is 5.93. The smallest absolute Gasteiger partial charge is 0.230 e. The molecular formula is C20H26N4O3. The summed E-state index contributed by atoms with van der Waals surface area (Å²) < 4.78 is 6.26. The van der Waals surface area contributed by atoms with Gasteiger partial charge < -0.3 is 14.5 Å². The summed E-state index contributed by atoms with van der Waals surface area (Å²) in [5.74, 6) is -0.653. The Kier molecular flexibility index (Phi) is 3.73. The van der Waals surface area contributed by atoms with Crippen LogP contribution in [-0.4, -0.2) is 62.6 Å². The molecule has 2 unspecified atom stereocenters. The summed E-state index contributed by atoms with van der Waals surface area (Å²) in [7, 11) is 0. The van der Waals surface area contributed by atoms with Crippen LogP contribution in [0.2, 0.25) is 0 Å². The number of nitrogens with zero attached hydrogens (tertiary/aromatic N) is 3. The van der Waals surface area contributed by atoms with Gasteiger partial charge in [0.25, 0.3) is 0 Å². The number of likely N-dealkylation sites (tertiary alicyclic amines) is 1. The van der Waals surface area contributed by atoms with Crippen molar-refractivity contribution in [3.05, 3.63) is 29.6 Å². The number of carbonyl (C=O) groups is 2. The summed E-state index contributed by atoms with van der Waals surface area (Å²) in [4.78, 5) is 30.6. The van der Waals surface area contributed by atoms with Crippen molar-refractivity contribution in [3.63, 3.8) is 0 Å². The van der Waals surface area contributed by atoms with Gasteiger partial charge in [0.05, 0.1) is 30.7 Å². The lowest BCUT2D eigenvalue weighted by atomic mass is 9.76. The second kappa shape index (κ2) is 5.92. The fourth-order valence-corrected chi connectivity index (χ4v) is 5.47. The predicted molar refractivity (Wildman–Crippen MR) is 97.5 cm³/mol. The van der Waals surface area contributed by atoms with Crippen molar-refractivity contribution in [2.24, 2.45) is 11.8 Å². The van der Waals surface area contributed by atoms with Crippen LogP contribution in [0.15, 0.2) is 18.3 Å². The second-order valence-corrected chi connectivity index (χ2v) is 8.22. The standard InChI is InChI=1S/C20H26N4O3/c1-3-13(4-2)24-11-20-7-5-15(27-20)16(17(20)19(24)26)18(25)23-8-6-14-12(10-23)9-21-22-14/h5,7,9,13,15-17H,3-4,6,8,10-11H2,1-2H3,(H,21,22)/t15-,16?,17?,20-/m1/s1. The van der Waals surface area contributed by atoms with Crippen LogP contribution < -0.4 is 0 Å². The van der Waals surface area contributed by atoms with Gasteiger partial charge in [-0.25, -0.2) is 0 Å². The Bertz CT molecular complexity index is 814. The molecule has 4 atom stereocenters. The number of carbonyl (C=O) groups excluding carboxylic acids is 2. The minimum Gasteiger partial charge on any atom is -0.360 e. The largest absolute Gasteiger partial charge is 0.360 e. The Balaban J connectivity index is 1.42. The monoisotopic (exact) mass is 370 g/mol. The van der Waals surface area contributed by atoms with Crippen LogP contribution in [0.4, 0.5) is 0 Å². The summed E-state index contributed by atoms with van der Waals surface area (Å²) >= 11 is 0. The normalized spacial score (nSPS) is 33.9. The van der Waals surface area contributed by atoms with E-state index in [4.69, 9.17) is 4.74 Å². The molecule has 2 fully saturated rings. The van der Waals surface area contributed by atoms with Crippen molar-refractivity contribution >= 4 is 11.8 Å². The van der Waals surface area contributed by atoms with E-state index in [0.717, 1.165) is 30.5 Å². The van der Waals surface area contributed by atoms with Gasteiger partial charge in [0.1, 0.15) is 5.60 Å². The SMILES string of the molecule is CCC(CC)N1C[C@@]23C=C[C@@H](O2)C(C(=O)N2CCc4[nH]ncc4C2)C3C1=O. The number of ether oxygens (including phenoxy) is 1. The summed E-state index contributed by atoms with van der Waals surface area (Å²) in [5.41, 5.74) is 1.57. The Morgan fingerprint density at radius 3 is 3.04 bits per heavy atom. The topological polar surface area (TPSA) is 78.5 Å². The number of aromatic nitrogens is 2. The quantitative estimate of drug-likeness (QED) is 0.810. The van der Waals surface area contributed by atoms with Crippen LogP contribution in [0.1, 0.15) is 37.9 Å². The number of aromatic amines is 1.